The molecular formula is C17H18N2O4S2. The lowest BCUT2D eigenvalue weighted by Crippen LogP contribution is -2.15. The highest BCUT2D eigenvalue weighted by Gasteiger charge is 2.20. The second-order valence-corrected chi connectivity index (χ2v) is 8.37. The van der Waals surface area contributed by atoms with Crippen molar-refractivity contribution in [3.8, 4) is 5.75 Å². The van der Waals surface area contributed by atoms with Crippen LogP contribution in [-0.2, 0) is 17.1 Å². The smallest absolute Gasteiger partial charge is 0.307 e. The number of aromatic nitrogens is 1. The zero-order chi connectivity index (χ0) is 18.4. The Bertz CT molecular complexity index is 1130. The highest BCUT2D eigenvalue weighted by atomic mass is 32.2. The van der Waals surface area contributed by atoms with E-state index >= 15 is 0 Å². The molecule has 2 aromatic carbocycles. The summed E-state index contributed by atoms with van der Waals surface area (Å²) in [5, 5.41) is 0. The molecule has 3 rings (SSSR count). The minimum atomic E-state index is -3.75. The minimum Gasteiger partial charge on any atom is -0.496 e. The molecule has 1 aromatic heterocycles. The van der Waals surface area contributed by atoms with Crippen LogP contribution in [0, 0.1) is 13.8 Å². The number of methoxy groups -OCH3 is 1. The Labute approximate surface area is 149 Å². The van der Waals surface area contributed by atoms with Gasteiger partial charge in [-0.3, -0.25) is 9.52 Å². The van der Waals surface area contributed by atoms with Gasteiger partial charge < -0.3 is 9.30 Å². The van der Waals surface area contributed by atoms with E-state index in [9.17, 15) is 13.2 Å². The zero-order valence-electron chi connectivity index (χ0n) is 14.3. The van der Waals surface area contributed by atoms with Crippen LogP contribution < -0.4 is 14.3 Å². The maximum Gasteiger partial charge on any atom is 0.307 e. The van der Waals surface area contributed by atoms with Gasteiger partial charge in [0.1, 0.15) is 5.75 Å². The molecule has 0 saturated heterocycles. The molecule has 0 amide bonds. The molecule has 25 heavy (non-hydrogen) atoms. The normalized spacial score (nSPS) is 11.7. The molecule has 0 aliphatic carbocycles. The van der Waals surface area contributed by atoms with E-state index < -0.39 is 10.0 Å². The highest BCUT2D eigenvalue weighted by molar-refractivity contribution is 7.92. The maximum absolute atomic E-state index is 12.8. The fourth-order valence-corrected chi connectivity index (χ4v) is 4.96. The summed E-state index contributed by atoms with van der Waals surface area (Å²) in [6, 6.07) is 8.23. The quantitative estimate of drug-likeness (QED) is 0.757. The molecule has 6 nitrogen and oxygen atoms in total. The number of rotatable bonds is 4. The summed E-state index contributed by atoms with van der Waals surface area (Å²) in [7, 11) is -0.510. The van der Waals surface area contributed by atoms with Gasteiger partial charge in [0.15, 0.2) is 0 Å². The van der Waals surface area contributed by atoms with Crippen molar-refractivity contribution < 1.29 is 13.2 Å². The Balaban J connectivity index is 2.02. The van der Waals surface area contributed by atoms with E-state index in [0.717, 1.165) is 27.1 Å². The lowest BCUT2D eigenvalue weighted by atomic mass is 10.1. The number of ether oxygens (including phenoxy) is 1. The summed E-state index contributed by atoms with van der Waals surface area (Å²) < 4.78 is 35.6. The summed E-state index contributed by atoms with van der Waals surface area (Å²) in [5.74, 6) is 0.645. The fraction of sp³-hybridized carbons (Fsp3) is 0.235. The number of nitrogens with zero attached hydrogens (tertiary/aromatic N) is 1. The van der Waals surface area contributed by atoms with Crippen LogP contribution in [0.1, 0.15) is 11.1 Å². The Morgan fingerprint density at radius 1 is 1.12 bits per heavy atom. The summed E-state index contributed by atoms with van der Waals surface area (Å²) >= 11 is 1.08. The summed E-state index contributed by atoms with van der Waals surface area (Å²) in [5.41, 5.74) is 2.61. The highest BCUT2D eigenvalue weighted by Crippen LogP contribution is 2.29. The van der Waals surface area contributed by atoms with Gasteiger partial charge in [0, 0.05) is 7.05 Å². The van der Waals surface area contributed by atoms with Crippen LogP contribution in [-0.4, -0.2) is 20.1 Å². The first kappa shape index (κ1) is 17.5. The standard InChI is InChI=1S/C17H18N2O4S2/c1-10-11(2)16(8-7-14(10)23-4)25(21,22)18-12-5-6-13-15(9-12)24-17(20)19(13)3/h5-9,18H,1-4H3. The summed E-state index contributed by atoms with van der Waals surface area (Å²) in [6.45, 7) is 3.57. The number of thiazole rings is 1. The van der Waals surface area contributed by atoms with Crippen LogP contribution in [0.2, 0.25) is 0 Å². The van der Waals surface area contributed by atoms with Crippen LogP contribution in [0.4, 0.5) is 5.69 Å². The number of benzene rings is 2. The van der Waals surface area contributed by atoms with Crippen LogP contribution in [0.5, 0.6) is 5.75 Å². The monoisotopic (exact) mass is 378 g/mol. The van der Waals surface area contributed by atoms with Gasteiger partial charge in [-0.1, -0.05) is 11.3 Å². The van der Waals surface area contributed by atoms with Crippen molar-refractivity contribution in [2.75, 3.05) is 11.8 Å². The van der Waals surface area contributed by atoms with E-state index in [2.05, 4.69) is 4.72 Å². The zero-order valence-corrected chi connectivity index (χ0v) is 15.9. The Morgan fingerprint density at radius 3 is 2.52 bits per heavy atom. The van der Waals surface area contributed by atoms with E-state index in [4.69, 9.17) is 4.74 Å². The van der Waals surface area contributed by atoms with Crippen molar-refractivity contribution >= 4 is 37.3 Å². The molecule has 0 saturated carbocycles. The van der Waals surface area contributed by atoms with Gasteiger partial charge >= 0.3 is 4.87 Å². The SMILES string of the molecule is COc1ccc(S(=O)(=O)Nc2ccc3c(c2)sc(=O)n3C)c(C)c1C. The van der Waals surface area contributed by atoms with Crippen molar-refractivity contribution in [1.82, 2.24) is 4.57 Å². The van der Waals surface area contributed by atoms with E-state index in [1.807, 2.05) is 6.92 Å². The molecule has 1 N–H and O–H groups in total. The first-order valence-electron chi connectivity index (χ1n) is 7.51. The molecular weight excluding hydrogens is 360 g/mol. The van der Waals surface area contributed by atoms with E-state index in [1.165, 1.54) is 10.6 Å². The molecule has 0 bridgehead atoms. The average molecular weight is 378 g/mol. The average Bonchev–Trinajstić information content (AvgIpc) is 2.83. The molecule has 0 radical (unpaired) electrons. The van der Waals surface area contributed by atoms with Gasteiger partial charge in [0.25, 0.3) is 10.0 Å². The van der Waals surface area contributed by atoms with Gasteiger partial charge in [0.05, 0.1) is 27.9 Å². The molecule has 3 aromatic rings. The fourth-order valence-electron chi connectivity index (χ4n) is 2.69. The van der Waals surface area contributed by atoms with Crippen molar-refractivity contribution in [2.24, 2.45) is 7.05 Å². The van der Waals surface area contributed by atoms with Gasteiger partial charge in [-0.15, -0.1) is 0 Å². The first-order chi connectivity index (χ1) is 11.7. The number of nitrogens with one attached hydrogen (secondary N) is 1. The third-order valence-electron chi connectivity index (χ3n) is 4.24. The lowest BCUT2D eigenvalue weighted by Gasteiger charge is -2.14. The second-order valence-electron chi connectivity index (χ2n) is 5.73. The molecule has 0 aliphatic rings. The van der Waals surface area contributed by atoms with Crippen LogP contribution >= 0.6 is 11.3 Å². The topological polar surface area (TPSA) is 77.4 Å². The summed E-state index contributed by atoms with van der Waals surface area (Å²) in [4.78, 5) is 11.8. The number of hydrogen-bond donors (Lipinski definition) is 1. The van der Waals surface area contributed by atoms with Crippen LogP contribution in [0.25, 0.3) is 10.2 Å². The lowest BCUT2D eigenvalue weighted by molar-refractivity contribution is 0.411. The summed E-state index contributed by atoms with van der Waals surface area (Å²) in [6.07, 6.45) is 0. The predicted molar refractivity (Wildman–Crippen MR) is 100 cm³/mol. The molecule has 0 fully saturated rings. The Kier molecular flexibility index (Phi) is 4.34. The Morgan fingerprint density at radius 2 is 1.84 bits per heavy atom. The van der Waals surface area contributed by atoms with E-state index in [1.54, 1.807) is 45.3 Å². The van der Waals surface area contributed by atoms with Gasteiger partial charge in [-0.05, 0) is 55.3 Å². The van der Waals surface area contributed by atoms with Crippen molar-refractivity contribution in [1.29, 1.82) is 0 Å². The minimum absolute atomic E-state index is 0.0865. The van der Waals surface area contributed by atoms with Crippen LogP contribution in [0.3, 0.4) is 0 Å². The third kappa shape index (κ3) is 3.03. The number of fused-ring (bicyclic) bond motifs is 1. The first-order valence-corrected chi connectivity index (χ1v) is 9.81. The molecule has 1 heterocycles. The number of aryl methyl sites for hydroxylation is 1. The van der Waals surface area contributed by atoms with Crippen molar-refractivity contribution in [2.45, 2.75) is 18.7 Å². The molecule has 132 valence electrons. The Hall–Kier alpha value is -2.32. The van der Waals surface area contributed by atoms with Gasteiger partial charge in [0.2, 0.25) is 0 Å². The van der Waals surface area contributed by atoms with Crippen molar-refractivity contribution in [3.63, 3.8) is 0 Å². The molecule has 0 unspecified atom stereocenters. The van der Waals surface area contributed by atoms with Crippen LogP contribution in [0.15, 0.2) is 40.0 Å². The van der Waals surface area contributed by atoms with Crippen molar-refractivity contribution in [3.05, 3.63) is 51.1 Å². The molecule has 0 aliphatic heterocycles. The molecule has 8 heteroatoms. The van der Waals surface area contributed by atoms with E-state index in [-0.39, 0.29) is 9.77 Å². The predicted octanol–water partition coefficient (Wildman–Crippen LogP) is 3.03. The van der Waals surface area contributed by atoms with Gasteiger partial charge in [-0.25, -0.2) is 8.42 Å². The maximum atomic E-state index is 12.8. The second kappa shape index (κ2) is 6.20. The molecule has 0 spiro atoms. The third-order valence-corrected chi connectivity index (χ3v) is 6.76. The van der Waals surface area contributed by atoms with E-state index in [0.29, 0.717) is 17.0 Å². The molecule has 0 atom stereocenters. The number of sulfonamides is 1. The number of hydrogen-bond acceptors (Lipinski definition) is 5. The largest absolute Gasteiger partial charge is 0.496 e. The number of anilines is 1. The van der Waals surface area contributed by atoms with Gasteiger partial charge in [-0.2, -0.15) is 0 Å².